The highest BCUT2D eigenvalue weighted by Gasteiger charge is 2.29. The van der Waals surface area contributed by atoms with Gasteiger partial charge in [0.05, 0.1) is 5.41 Å². The third kappa shape index (κ3) is 3.53. The second-order valence-electron chi connectivity index (χ2n) is 6.44. The second kappa shape index (κ2) is 6.29. The van der Waals surface area contributed by atoms with Crippen molar-refractivity contribution in [2.45, 2.75) is 51.4 Å². The van der Waals surface area contributed by atoms with Crippen LogP contribution in [-0.4, -0.2) is 12.5 Å². The number of amides is 1. The molecule has 1 fully saturated rings. The minimum atomic E-state index is -0.511. The van der Waals surface area contributed by atoms with Gasteiger partial charge in [-0.25, -0.2) is 0 Å². The van der Waals surface area contributed by atoms with Gasteiger partial charge in [0.2, 0.25) is 5.91 Å². The average Bonchev–Trinajstić information content (AvgIpc) is 2.92. The lowest BCUT2D eigenvalue weighted by Gasteiger charge is -2.24. The maximum absolute atomic E-state index is 12.4. The number of nitrogens with one attached hydrogen (secondary N) is 1. The van der Waals surface area contributed by atoms with Gasteiger partial charge in [-0.05, 0) is 43.9 Å². The lowest BCUT2D eigenvalue weighted by atomic mass is 9.83. The van der Waals surface area contributed by atoms with E-state index in [9.17, 15) is 4.79 Å². The van der Waals surface area contributed by atoms with E-state index in [1.807, 2.05) is 38.1 Å². The van der Waals surface area contributed by atoms with Gasteiger partial charge in [-0.3, -0.25) is 4.79 Å². The van der Waals surface area contributed by atoms with Gasteiger partial charge in [-0.15, -0.1) is 0 Å². The summed E-state index contributed by atoms with van der Waals surface area (Å²) in [7, 11) is 0. The summed E-state index contributed by atoms with van der Waals surface area (Å²) in [6, 6.07) is 7.57. The van der Waals surface area contributed by atoms with E-state index in [0.717, 1.165) is 30.1 Å². The van der Waals surface area contributed by atoms with Crippen molar-refractivity contribution in [1.82, 2.24) is 5.32 Å². The number of anilines is 1. The van der Waals surface area contributed by atoms with E-state index in [0.29, 0.717) is 0 Å². The Morgan fingerprint density at radius 3 is 2.45 bits per heavy atom. The molecule has 1 aliphatic rings. The molecule has 0 aromatic heterocycles. The van der Waals surface area contributed by atoms with Crippen molar-refractivity contribution in [3.05, 3.63) is 29.8 Å². The predicted molar refractivity (Wildman–Crippen MR) is 83.5 cm³/mol. The minimum absolute atomic E-state index is 0.0975. The number of nitrogen functional groups attached to an aromatic ring is 1. The van der Waals surface area contributed by atoms with Gasteiger partial charge in [-0.1, -0.05) is 37.8 Å². The van der Waals surface area contributed by atoms with Gasteiger partial charge < -0.3 is 11.1 Å². The zero-order valence-corrected chi connectivity index (χ0v) is 12.6. The molecule has 1 aliphatic carbocycles. The third-order valence-corrected chi connectivity index (χ3v) is 4.51. The summed E-state index contributed by atoms with van der Waals surface area (Å²) in [6.07, 6.45) is 6.49. The van der Waals surface area contributed by atoms with E-state index in [-0.39, 0.29) is 5.91 Å². The summed E-state index contributed by atoms with van der Waals surface area (Å²) >= 11 is 0. The largest absolute Gasteiger partial charge is 0.399 e. The van der Waals surface area contributed by atoms with Crippen molar-refractivity contribution in [1.29, 1.82) is 0 Å². The van der Waals surface area contributed by atoms with Crippen molar-refractivity contribution in [2.75, 3.05) is 12.3 Å². The van der Waals surface area contributed by atoms with Crippen LogP contribution in [0.15, 0.2) is 24.3 Å². The van der Waals surface area contributed by atoms with Crippen LogP contribution in [0.25, 0.3) is 0 Å². The Labute approximate surface area is 121 Å². The molecule has 0 atom stereocenters. The Kier molecular flexibility index (Phi) is 4.69. The number of carbonyl (C=O) groups excluding carboxylic acids is 1. The Hall–Kier alpha value is -1.51. The fraction of sp³-hybridized carbons (Fsp3) is 0.588. The van der Waals surface area contributed by atoms with E-state index in [1.54, 1.807) is 0 Å². The lowest BCUT2D eigenvalue weighted by molar-refractivity contribution is -0.125. The van der Waals surface area contributed by atoms with Crippen LogP contribution in [0.1, 0.15) is 51.5 Å². The van der Waals surface area contributed by atoms with Gasteiger partial charge in [0.15, 0.2) is 0 Å². The molecule has 0 saturated heterocycles. The zero-order valence-electron chi connectivity index (χ0n) is 12.6. The van der Waals surface area contributed by atoms with E-state index < -0.39 is 5.41 Å². The summed E-state index contributed by atoms with van der Waals surface area (Å²) in [4.78, 5) is 12.4. The van der Waals surface area contributed by atoms with Crippen LogP contribution in [0.5, 0.6) is 0 Å². The van der Waals surface area contributed by atoms with Crippen molar-refractivity contribution >= 4 is 11.6 Å². The van der Waals surface area contributed by atoms with Gasteiger partial charge in [0.1, 0.15) is 0 Å². The molecular weight excluding hydrogens is 248 g/mol. The highest BCUT2D eigenvalue weighted by Crippen LogP contribution is 2.27. The monoisotopic (exact) mass is 274 g/mol. The molecule has 1 aromatic carbocycles. The maximum atomic E-state index is 12.4. The molecule has 0 heterocycles. The number of nitrogens with two attached hydrogens (primary N) is 1. The number of hydrogen-bond acceptors (Lipinski definition) is 2. The van der Waals surface area contributed by atoms with E-state index in [1.165, 1.54) is 25.7 Å². The first kappa shape index (κ1) is 14.9. The molecule has 1 amide bonds. The van der Waals surface area contributed by atoms with Gasteiger partial charge in [-0.2, -0.15) is 0 Å². The van der Waals surface area contributed by atoms with Gasteiger partial charge in [0, 0.05) is 12.2 Å². The highest BCUT2D eigenvalue weighted by atomic mass is 16.2. The number of hydrogen-bond donors (Lipinski definition) is 2. The molecule has 3 N–H and O–H groups in total. The fourth-order valence-electron chi connectivity index (χ4n) is 2.94. The lowest BCUT2D eigenvalue weighted by Crippen LogP contribution is -2.40. The van der Waals surface area contributed by atoms with Gasteiger partial charge >= 0.3 is 0 Å². The normalized spacial score (nSPS) is 16.3. The number of rotatable bonds is 5. The Balaban J connectivity index is 1.87. The Bertz CT molecular complexity index is 445. The van der Waals surface area contributed by atoms with Crippen LogP contribution < -0.4 is 11.1 Å². The first-order valence-electron chi connectivity index (χ1n) is 7.64. The van der Waals surface area contributed by atoms with Crippen LogP contribution in [0.4, 0.5) is 5.69 Å². The molecule has 0 radical (unpaired) electrons. The zero-order chi connectivity index (χ0) is 14.6. The summed E-state index contributed by atoms with van der Waals surface area (Å²) < 4.78 is 0. The van der Waals surface area contributed by atoms with E-state index >= 15 is 0 Å². The average molecular weight is 274 g/mol. The third-order valence-electron chi connectivity index (χ3n) is 4.51. The summed E-state index contributed by atoms with van der Waals surface area (Å²) in [5, 5.41) is 3.09. The van der Waals surface area contributed by atoms with Crippen molar-refractivity contribution in [3.8, 4) is 0 Å². The van der Waals surface area contributed by atoms with Crippen LogP contribution in [0, 0.1) is 5.92 Å². The molecule has 110 valence electrons. The summed E-state index contributed by atoms with van der Waals surface area (Å²) in [6.45, 7) is 4.72. The van der Waals surface area contributed by atoms with Crippen molar-refractivity contribution in [2.24, 2.45) is 5.92 Å². The molecular formula is C17H26N2O. The molecule has 0 unspecified atom stereocenters. The first-order chi connectivity index (χ1) is 9.50. The predicted octanol–water partition coefficient (Wildman–Crippen LogP) is 3.24. The number of benzene rings is 1. The van der Waals surface area contributed by atoms with E-state index in [2.05, 4.69) is 5.32 Å². The molecule has 0 bridgehead atoms. The number of carbonyl (C=O) groups is 1. The topological polar surface area (TPSA) is 55.1 Å². The summed E-state index contributed by atoms with van der Waals surface area (Å²) in [5.41, 5.74) is 6.92. The first-order valence-corrected chi connectivity index (χ1v) is 7.64. The van der Waals surface area contributed by atoms with Crippen LogP contribution in [0.3, 0.4) is 0 Å². The molecule has 20 heavy (non-hydrogen) atoms. The minimum Gasteiger partial charge on any atom is -0.399 e. The molecule has 0 spiro atoms. The second-order valence-corrected chi connectivity index (χ2v) is 6.44. The highest BCUT2D eigenvalue weighted by molar-refractivity contribution is 5.87. The maximum Gasteiger partial charge on any atom is 0.230 e. The van der Waals surface area contributed by atoms with Crippen molar-refractivity contribution < 1.29 is 4.79 Å². The van der Waals surface area contributed by atoms with Crippen LogP contribution in [-0.2, 0) is 10.2 Å². The summed E-state index contributed by atoms with van der Waals surface area (Å²) in [5.74, 6) is 0.912. The van der Waals surface area contributed by atoms with Crippen LogP contribution in [0.2, 0.25) is 0 Å². The molecule has 3 nitrogen and oxygen atoms in total. The quantitative estimate of drug-likeness (QED) is 0.810. The Morgan fingerprint density at radius 1 is 1.25 bits per heavy atom. The SMILES string of the molecule is CC(C)(C(=O)NCCC1CCCC1)c1ccc(N)cc1. The van der Waals surface area contributed by atoms with Crippen molar-refractivity contribution in [3.63, 3.8) is 0 Å². The molecule has 3 heteroatoms. The molecule has 1 saturated carbocycles. The standard InChI is InChI=1S/C17H26N2O/c1-17(2,14-7-9-15(18)10-8-14)16(20)19-12-11-13-5-3-4-6-13/h7-10,13H,3-6,11-12,18H2,1-2H3,(H,19,20). The molecule has 0 aliphatic heterocycles. The van der Waals surface area contributed by atoms with Gasteiger partial charge in [0.25, 0.3) is 0 Å². The fourth-order valence-corrected chi connectivity index (χ4v) is 2.94. The van der Waals surface area contributed by atoms with E-state index in [4.69, 9.17) is 5.73 Å². The molecule has 2 rings (SSSR count). The molecule has 1 aromatic rings. The Morgan fingerprint density at radius 2 is 1.85 bits per heavy atom. The smallest absolute Gasteiger partial charge is 0.230 e. The van der Waals surface area contributed by atoms with Crippen LogP contribution >= 0.6 is 0 Å².